The highest BCUT2D eigenvalue weighted by Crippen LogP contribution is 2.62. The van der Waals surface area contributed by atoms with E-state index < -0.39 is 17.1 Å². The summed E-state index contributed by atoms with van der Waals surface area (Å²) in [4.78, 5) is 30.9. The second-order valence-corrected chi connectivity index (χ2v) is 18.2. The van der Waals surface area contributed by atoms with Gasteiger partial charge in [-0.05, 0) is 166 Å². The third-order valence-electron chi connectivity index (χ3n) is 14.8. The van der Waals surface area contributed by atoms with Gasteiger partial charge in [0.05, 0.1) is 32.5 Å². The number of methoxy groups -OCH3 is 2. The topological polar surface area (TPSA) is 108 Å². The molecule has 300 valence electrons. The number of nitrogens with one attached hydrogen (secondary N) is 1. The van der Waals surface area contributed by atoms with Gasteiger partial charge in [0.15, 0.2) is 5.78 Å². The molecule has 3 aromatic carbocycles. The first-order chi connectivity index (χ1) is 26.7. The molecule has 8 heteroatoms. The molecule has 0 saturated heterocycles. The van der Waals surface area contributed by atoms with Gasteiger partial charge in [-0.3, -0.25) is 4.79 Å². The summed E-state index contributed by atoms with van der Waals surface area (Å²) in [5, 5.41) is 27.5. The summed E-state index contributed by atoms with van der Waals surface area (Å²) in [5.41, 5.74) is 3.29. The normalized spacial score (nSPS) is 29.6. The minimum atomic E-state index is -1.23. The van der Waals surface area contributed by atoms with Crippen molar-refractivity contribution in [3.8, 4) is 11.5 Å². The minimum absolute atomic E-state index is 0.0844. The Morgan fingerprint density at radius 3 is 2.25 bits per heavy atom. The van der Waals surface area contributed by atoms with E-state index in [1.165, 1.54) is 18.4 Å². The standard InChI is InChI=1S/C48H62N2O6/c1-31-8-7-24-47(4)42(40-22-10-32(26-37(51)17-9-31)27-41(40)44(52)33-12-18-38(55-5)19-13-33)23-25-48(47,54)30-50(29-34-11-14-35-28-43(34)46(35,2)3)45(53)49-36-15-20-39(56-6)21-16-36/h8,10,12-13,15-16,18-22,27,34-35,37,42-43,51,54H,7,9,11,14,17,23-26,28-30H2,1-6H3,(H,49,53). The summed E-state index contributed by atoms with van der Waals surface area (Å²) in [6.45, 7) is 9.88. The number of urea groups is 1. The van der Waals surface area contributed by atoms with Crippen LogP contribution < -0.4 is 14.8 Å². The number of ether oxygens (including phenoxy) is 2. The first-order valence-corrected chi connectivity index (χ1v) is 20.8. The van der Waals surface area contributed by atoms with Gasteiger partial charge in [0.25, 0.3) is 0 Å². The van der Waals surface area contributed by atoms with Crippen LogP contribution in [-0.2, 0) is 6.42 Å². The second-order valence-electron chi connectivity index (χ2n) is 18.2. The van der Waals surface area contributed by atoms with E-state index in [2.05, 4.69) is 51.2 Å². The molecule has 0 aromatic heterocycles. The lowest BCUT2D eigenvalue weighted by molar-refractivity contribution is -0.117. The Labute approximate surface area is 333 Å². The number of carbonyl (C=O) groups is 2. The molecule has 8 nitrogen and oxygen atoms in total. The van der Waals surface area contributed by atoms with E-state index in [1.54, 1.807) is 26.4 Å². The van der Waals surface area contributed by atoms with Gasteiger partial charge in [-0.25, -0.2) is 4.79 Å². The van der Waals surface area contributed by atoms with Crippen molar-refractivity contribution in [1.82, 2.24) is 4.90 Å². The zero-order valence-electron chi connectivity index (χ0n) is 34.3. The summed E-state index contributed by atoms with van der Waals surface area (Å²) in [6.07, 6.45) is 9.69. The summed E-state index contributed by atoms with van der Waals surface area (Å²) in [6, 6.07) is 20.5. The summed E-state index contributed by atoms with van der Waals surface area (Å²) in [5.74, 6) is 2.82. The second kappa shape index (κ2) is 16.0. The van der Waals surface area contributed by atoms with Crippen molar-refractivity contribution in [3.63, 3.8) is 0 Å². The fourth-order valence-corrected chi connectivity index (χ4v) is 11.0. The number of benzene rings is 3. The highest BCUT2D eigenvalue weighted by molar-refractivity contribution is 6.10. The van der Waals surface area contributed by atoms with Crippen molar-refractivity contribution >= 4 is 17.5 Å². The lowest BCUT2D eigenvalue weighted by atomic mass is 9.45. The number of carbonyl (C=O) groups excluding carboxylic acids is 2. The van der Waals surface area contributed by atoms with E-state index in [1.807, 2.05) is 47.4 Å². The van der Waals surface area contributed by atoms with Crippen LogP contribution in [-0.4, -0.2) is 65.9 Å². The zero-order valence-corrected chi connectivity index (χ0v) is 34.3. The Kier molecular flexibility index (Phi) is 11.5. The maximum absolute atomic E-state index is 14.5. The lowest BCUT2D eigenvalue weighted by Crippen LogP contribution is -2.58. The number of allylic oxidation sites excluding steroid dienone is 2. The molecule has 7 unspecified atom stereocenters. The van der Waals surface area contributed by atoms with E-state index in [-0.39, 0.29) is 29.7 Å². The van der Waals surface area contributed by atoms with Crippen LogP contribution in [0.5, 0.6) is 11.5 Å². The van der Waals surface area contributed by atoms with Crippen molar-refractivity contribution in [2.24, 2.45) is 28.6 Å². The quantitative estimate of drug-likeness (QED) is 0.148. The largest absolute Gasteiger partial charge is 0.497 e. The van der Waals surface area contributed by atoms with Gasteiger partial charge in [-0.2, -0.15) is 0 Å². The van der Waals surface area contributed by atoms with Crippen molar-refractivity contribution in [2.75, 3.05) is 32.6 Å². The van der Waals surface area contributed by atoms with E-state index in [0.29, 0.717) is 73.0 Å². The minimum Gasteiger partial charge on any atom is -0.497 e. The predicted octanol–water partition coefficient (Wildman–Crippen LogP) is 9.58. The van der Waals surface area contributed by atoms with Crippen LogP contribution in [0.3, 0.4) is 0 Å². The third-order valence-corrected chi connectivity index (χ3v) is 14.8. The van der Waals surface area contributed by atoms with Gasteiger partial charge in [0.2, 0.25) is 0 Å². The number of fused-ring (bicyclic) bond motifs is 10. The summed E-state index contributed by atoms with van der Waals surface area (Å²) in [7, 11) is 3.24. The zero-order chi connectivity index (χ0) is 39.8. The SMILES string of the molecule is COc1ccc(NC(=O)N(CC2CCC3CC2C3(C)C)CC2(O)CCC3c4ccc(cc4C(=O)c4ccc(OC)cc4)CC(O)CCC(C)=CCCC32C)cc1. The molecule has 4 saturated carbocycles. The number of rotatable bonds is 9. The molecule has 4 fully saturated rings. The molecule has 0 spiro atoms. The smallest absolute Gasteiger partial charge is 0.321 e. The Morgan fingerprint density at radius 2 is 1.59 bits per heavy atom. The van der Waals surface area contributed by atoms with Gasteiger partial charge >= 0.3 is 6.03 Å². The maximum Gasteiger partial charge on any atom is 0.321 e. The van der Waals surface area contributed by atoms with Crippen LogP contribution in [0.4, 0.5) is 10.5 Å². The van der Waals surface area contributed by atoms with Crippen molar-refractivity contribution in [3.05, 3.63) is 101 Å². The highest BCUT2D eigenvalue weighted by Gasteiger charge is 2.59. The van der Waals surface area contributed by atoms with E-state index in [4.69, 9.17) is 9.47 Å². The molecule has 7 atom stereocenters. The van der Waals surface area contributed by atoms with E-state index in [0.717, 1.165) is 42.1 Å². The molecule has 56 heavy (non-hydrogen) atoms. The van der Waals surface area contributed by atoms with Crippen molar-refractivity contribution in [2.45, 2.75) is 110 Å². The van der Waals surface area contributed by atoms with Crippen LogP contribution in [0.1, 0.15) is 118 Å². The first-order valence-electron chi connectivity index (χ1n) is 20.8. The fourth-order valence-electron chi connectivity index (χ4n) is 11.0. The number of aliphatic hydroxyl groups excluding tert-OH is 1. The number of hydrogen-bond acceptors (Lipinski definition) is 6. The van der Waals surface area contributed by atoms with Gasteiger partial charge < -0.3 is 29.9 Å². The van der Waals surface area contributed by atoms with Gasteiger partial charge in [0, 0.05) is 28.8 Å². The van der Waals surface area contributed by atoms with Crippen LogP contribution >= 0.6 is 0 Å². The van der Waals surface area contributed by atoms with Crippen LogP contribution in [0, 0.1) is 28.6 Å². The van der Waals surface area contributed by atoms with E-state index in [9.17, 15) is 19.8 Å². The lowest BCUT2D eigenvalue weighted by Gasteiger charge is -2.60. The first kappa shape index (κ1) is 40.1. The van der Waals surface area contributed by atoms with Crippen molar-refractivity contribution in [1.29, 1.82) is 0 Å². The third kappa shape index (κ3) is 7.76. The average Bonchev–Trinajstić information content (AvgIpc) is 3.45. The molecule has 9 rings (SSSR count). The highest BCUT2D eigenvalue weighted by atomic mass is 16.5. The van der Waals surface area contributed by atoms with Crippen molar-refractivity contribution < 1.29 is 29.3 Å². The summed E-state index contributed by atoms with van der Waals surface area (Å²) >= 11 is 0. The monoisotopic (exact) mass is 762 g/mol. The van der Waals surface area contributed by atoms with Gasteiger partial charge in [0.1, 0.15) is 11.5 Å². The Morgan fingerprint density at radius 1 is 0.893 bits per heavy atom. The molecular formula is C48H62N2O6. The van der Waals surface area contributed by atoms with Gasteiger partial charge in [-0.1, -0.05) is 44.6 Å². The average molecular weight is 763 g/mol. The molecule has 2 amide bonds. The Hall–Kier alpha value is -4.14. The molecule has 0 radical (unpaired) electrons. The van der Waals surface area contributed by atoms with E-state index >= 15 is 0 Å². The fraction of sp³-hybridized carbons (Fsp3) is 0.542. The molecule has 3 N–H and O–H groups in total. The Bertz CT molecular complexity index is 1920. The molecule has 0 heterocycles. The molecule has 6 aliphatic rings. The molecular weight excluding hydrogens is 701 g/mol. The molecule has 3 aromatic rings. The number of amides is 2. The van der Waals surface area contributed by atoms with Crippen LogP contribution in [0.25, 0.3) is 0 Å². The number of hydrogen-bond donors (Lipinski definition) is 3. The van der Waals surface area contributed by atoms with Gasteiger partial charge in [-0.15, -0.1) is 0 Å². The number of aliphatic hydroxyl groups is 2. The van der Waals surface area contributed by atoms with Crippen LogP contribution in [0.15, 0.2) is 78.4 Å². The molecule has 4 bridgehead atoms. The molecule has 0 aliphatic heterocycles. The number of nitrogens with zero attached hydrogens (tertiary/aromatic N) is 1. The number of anilines is 1. The Balaban J connectivity index is 1.26. The number of ketones is 1. The predicted molar refractivity (Wildman–Crippen MR) is 222 cm³/mol. The maximum atomic E-state index is 14.5. The molecule has 6 aliphatic carbocycles. The van der Waals surface area contributed by atoms with Crippen LogP contribution in [0.2, 0.25) is 0 Å². The summed E-state index contributed by atoms with van der Waals surface area (Å²) < 4.78 is 10.7.